The summed E-state index contributed by atoms with van der Waals surface area (Å²) in [5.74, 6) is -0.504. The number of aldehydes is 1. The predicted molar refractivity (Wildman–Crippen MR) is 196 cm³/mol. The molecule has 0 aromatic heterocycles. The Morgan fingerprint density at radius 2 is 1.38 bits per heavy atom. The standard InChI is InChI=1S/C23H42N4O4.C8H16N2O2S.C4H10/c1-10-26(11-2)19(29)17(22(4,5)6)24-21(31)25-18(23(7,8)9)20(30)27-13-15(3)12-16(27)14-28;1-3-5(2)4-6(10-13)7(11)8(9)12;1-4(2)3/h14-18H,10-13H2,1-9H3,(H2,24,25,31);5-6,10,13H,3-4H2,1-2H3,(H2,9,12);4H,1-3H3. The van der Waals surface area contributed by atoms with E-state index in [-0.39, 0.29) is 17.7 Å². The summed E-state index contributed by atoms with van der Waals surface area (Å²) in [6.45, 7) is 29.2. The molecule has 6 unspecified atom stereocenters. The summed E-state index contributed by atoms with van der Waals surface area (Å²) < 4.78 is 2.49. The van der Waals surface area contributed by atoms with E-state index in [1.807, 2.05) is 76.2 Å². The van der Waals surface area contributed by atoms with Gasteiger partial charge in [0.1, 0.15) is 18.4 Å². The van der Waals surface area contributed by atoms with E-state index in [1.54, 1.807) is 9.80 Å². The summed E-state index contributed by atoms with van der Waals surface area (Å²) in [4.78, 5) is 75.7. The molecule has 1 aliphatic heterocycles. The molecule has 5 amide bonds. The zero-order chi connectivity index (χ0) is 38.2. The number of hydrogen-bond donors (Lipinski definition) is 5. The number of primary amides is 1. The number of ketones is 1. The van der Waals surface area contributed by atoms with Crippen LogP contribution in [0.15, 0.2) is 0 Å². The normalized spacial score (nSPS) is 18.5. The minimum atomic E-state index is -0.908. The molecule has 6 atom stereocenters. The van der Waals surface area contributed by atoms with E-state index in [9.17, 15) is 28.8 Å². The fourth-order valence-electron chi connectivity index (χ4n) is 4.91. The Kier molecular flexibility index (Phi) is 21.9. The quantitative estimate of drug-likeness (QED) is 0.108. The third kappa shape index (κ3) is 17.1. The summed E-state index contributed by atoms with van der Waals surface area (Å²) in [7, 11) is 0. The number of likely N-dealkylation sites (tertiary alicyclic amines) is 1. The average molecular weight is 701 g/mol. The first-order valence-electron chi connectivity index (χ1n) is 17.3. The summed E-state index contributed by atoms with van der Waals surface area (Å²) in [6.07, 6.45) is 2.97. The van der Waals surface area contributed by atoms with Crippen LogP contribution in [-0.4, -0.2) is 89.4 Å². The van der Waals surface area contributed by atoms with E-state index in [4.69, 9.17) is 5.73 Å². The van der Waals surface area contributed by atoms with Crippen LogP contribution in [0.1, 0.15) is 116 Å². The van der Waals surface area contributed by atoms with Crippen LogP contribution in [0.2, 0.25) is 0 Å². The van der Waals surface area contributed by atoms with Gasteiger partial charge in [0.2, 0.25) is 17.6 Å². The van der Waals surface area contributed by atoms with E-state index in [0.717, 1.165) is 18.6 Å². The lowest BCUT2D eigenvalue weighted by Gasteiger charge is -2.37. The zero-order valence-electron chi connectivity index (χ0n) is 32.2. The van der Waals surface area contributed by atoms with Crippen LogP contribution in [0.4, 0.5) is 4.79 Å². The van der Waals surface area contributed by atoms with Gasteiger partial charge in [-0.3, -0.25) is 23.9 Å². The second kappa shape index (κ2) is 22.1. The summed E-state index contributed by atoms with van der Waals surface area (Å²) in [6, 6.07) is -3.16. The van der Waals surface area contributed by atoms with Crippen molar-refractivity contribution in [2.75, 3.05) is 19.6 Å². The van der Waals surface area contributed by atoms with Gasteiger partial charge in [-0.2, -0.15) is 0 Å². The number of rotatable bonds is 13. The highest BCUT2D eigenvalue weighted by molar-refractivity contribution is 7.78. The first-order valence-corrected chi connectivity index (χ1v) is 17.7. The Morgan fingerprint density at radius 3 is 1.73 bits per heavy atom. The first-order chi connectivity index (χ1) is 21.9. The lowest BCUT2D eigenvalue weighted by Crippen LogP contribution is -2.61. The van der Waals surface area contributed by atoms with Crippen molar-refractivity contribution >= 4 is 48.6 Å². The molecule has 0 radical (unpaired) electrons. The molecular weight excluding hydrogens is 632 g/mol. The minimum absolute atomic E-state index is 0.152. The van der Waals surface area contributed by atoms with Crippen LogP contribution in [0, 0.1) is 28.6 Å². The molecule has 280 valence electrons. The largest absolute Gasteiger partial charge is 0.363 e. The van der Waals surface area contributed by atoms with E-state index in [2.05, 4.69) is 48.9 Å². The number of carbonyl (C=O) groups excluding carboxylic acids is 6. The second-order valence-electron chi connectivity index (χ2n) is 15.7. The molecule has 1 aliphatic rings. The van der Waals surface area contributed by atoms with E-state index < -0.39 is 52.7 Å². The van der Waals surface area contributed by atoms with Crippen molar-refractivity contribution in [3.63, 3.8) is 0 Å². The van der Waals surface area contributed by atoms with Crippen molar-refractivity contribution in [3.05, 3.63) is 0 Å². The van der Waals surface area contributed by atoms with Crippen molar-refractivity contribution in [2.24, 2.45) is 34.3 Å². The van der Waals surface area contributed by atoms with Crippen LogP contribution in [0.5, 0.6) is 0 Å². The Bertz CT molecular complexity index is 1030. The van der Waals surface area contributed by atoms with E-state index in [1.165, 1.54) is 0 Å². The molecule has 0 spiro atoms. The van der Waals surface area contributed by atoms with Gasteiger partial charge in [0.25, 0.3) is 5.91 Å². The molecule has 1 rings (SSSR count). The number of carbonyl (C=O) groups is 6. The van der Waals surface area contributed by atoms with Crippen molar-refractivity contribution in [1.29, 1.82) is 0 Å². The minimum Gasteiger partial charge on any atom is -0.363 e. The summed E-state index contributed by atoms with van der Waals surface area (Å²) in [5.41, 5.74) is 3.78. The van der Waals surface area contributed by atoms with Gasteiger partial charge in [-0.05, 0) is 55.3 Å². The summed E-state index contributed by atoms with van der Waals surface area (Å²) >= 11 is 3.78. The highest BCUT2D eigenvalue weighted by Gasteiger charge is 2.42. The van der Waals surface area contributed by atoms with Crippen LogP contribution >= 0.6 is 12.8 Å². The Hall–Kier alpha value is -2.67. The SMILES string of the molecule is CC(C)C.CCC(C)CC(NS)C(=O)C(N)=O.CCN(CC)C(=O)C(NC(=O)NC(C(=O)N1CC(C)CC1C=O)C(C)(C)C)C(C)(C)C. The maximum atomic E-state index is 13.3. The Labute approximate surface area is 296 Å². The van der Waals surface area contributed by atoms with Crippen molar-refractivity contribution in [2.45, 2.75) is 140 Å². The van der Waals surface area contributed by atoms with Gasteiger partial charge in [0.15, 0.2) is 0 Å². The van der Waals surface area contributed by atoms with E-state index in [0.29, 0.717) is 38.4 Å². The molecule has 12 nitrogen and oxygen atoms in total. The number of nitrogens with one attached hydrogen (secondary N) is 3. The number of likely N-dealkylation sites (N-methyl/N-ethyl adjacent to an activating group) is 1. The highest BCUT2D eigenvalue weighted by Crippen LogP contribution is 2.28. The first kappa shape index (κ1) is 47.4. The van der Waals surface area contributed by atoms with Crippen LogP contribution in [0.25, 0.3) is 0 Å². The number of thiol groups is 1. The second-order valence-corrected chi connectivity index (χ2v) is 15.9. The zero-order valence-corrected chi connectivity index (χ0v) is 33.1. The molecule has 0 saturated carbocycles. The average Bonchev–Trinajstić information content (AvgIpc) is 3.36. The maximum Gasteiger partial charge on any atom is 0.316 e. The van der Waals surface area contributed by atoms with Gasteiger partial charge in [-0.25, -0.2) is 4.79 Å². The molecule has 5 N–H and O–H groups in total. The van der Waals surface area contributed by atoms with E-state index >= 15 is 0 Å². The molecule has 0 aliphatic carbocycles. The molecule has 0 bridgehead atoms. The topological polar surface area (TPSA) is 171 Å². The molecule has 13 heteroatoms. The smallest absolute Gasteiger partial charge is 0.316 e. The highest BCUT2D eigenvalue weighted by atomic mass is 32.1. The van der Waals surface area contributed by atoms with Crippen LogP contribution < -0.4 is 21.1 Å². The molecule has 1 fully saturated rings. The Balaban J connectivity index is 0. The molecule has 0 aromatic rings. The number of nitrogens with zero attached hydrogens (tertiary/aromatic N) is 2. The van der Waals surface area contributed by atoms with Crippen molar-refractivity contribution in [1.82, 2.24) is 25.2 Å². The number of hydrogen-bond acceptors (Lipinski definition) is 8. The monoisotopic (exact) mass is 700 g/mol. The van der Waals surface area contributed by atoms with Gasteiger partial charge in [-0.15, -0.1) is 0 Å². The number of nitrogens with two attached hydrogens (primary N) is 1. The van der Waals surface area contributed by atoms with Gasteiger partial charge < -0.3 is 31.0 Å². The maximum absolute atomic E-state index is 13.3. The van der Waals surface area contributed by atoms with Crippen molar-refractivity contribution in [3.8, 4) is 0 Å². The van der Waals surface area contributed by atoms with Gasteiger partial charge in [0.05, 0.1) is 12.1 Å². The number of Topliss-reactive ketones (excluding diaryl/α,β-unsaturated/α-hetero) is 1. The van der Waals surface area contributed by atoms with Gasteiger partial charge in [-0.1, -0.05) is 102 Å². The predicted octanol–water partition coefficient (Wildman–Crippen LogP) is 4.36. The summed E-state index contributed by atoms with van der Waals surface area (Å²) in [5, 5.41) is 5.60. The fourth-order valence-corrected chi connectivity index (χ4v) is 5.13. The van der Waals surface area contributed by atoms with Crippen LogP contribution in [0.3, 0.4) is 0 Å². The lowest BCUT2D eigenvalue weighted by molar-refractivity contribution is -0.138. The fraction of sp³-hybridized carbons (Fsp3) is 0.829. The number of urea groups is 1. The third-order valence-electron chi connectivity index (χ3n) is 7.89. The number of amides is 5. The molecule has 48 heavy (non-hydrogen) atoms. The van der Waals surface area contributed by atoms with Gasteiger partial charge >= 0.3 is 6.03 Å². The van der Waals surface area contributed by atoms with Gasteiger partial charge in [0, 0.05) is 19.6 Å². The molecular formula is C35H68N6O6S. The molecule has 1 heterocycles. The molecule has 1 saturated heterocycles. The molecule has 0 aromatic carbocycles. The Morgan fingerprint density at radius 1 is 0.917 bits per heavy atom. The lowest BCUT2D eigenvalue weighted by atomic mass is 9.85. The van der Waals surface area contributed by atoms with Crippen molar-refractivity contribution < 1.29 is 28.8 Å². The third-order valence-corrected chi connectivity index (χ3v) is 8.21. The van der Waals surface area contributed by atoms with Crippen LogP contribution in [-0.2, 0) is 24.0 Å².